The topological polar surface area (TPSA) is 58.3 Å². The van der Waals surface area contributed by atoms with Crippen molar-refractivity contribution in [2.24, 2.45) is 5.73 Å². The number of rotatable bonds is 1. The molecule has 3 heteroatoms. The SMILES string of the molecule is CC1=C(CO)C(N)NC=C1. The van der Waals surface area contributed by atoms with Crippen LogP contribution in [0.2, 0.25) is 0 Å². The molecule has 56 valence electrons. The Morgan fingerprint density at radius 1 is 1.80 bits per heavy atom. The molecule has 0 saturated carbocycles. The molecule has 0 aromatic heterocycles. The Balaban J connectivity index is 2.83. The molecule has 1 rings (SSSR count). The maximum Gasteiger partial charge on any atom is 0.0989 e. The second-order valence-corrected chi connectivity index (χ2v) is 2.34. The van der Waals surface area contributed by atoms with Crippen LogP contribution in [0.25, 0.3) is 0 Å². The minimum absolute atomic E-state index is 0.0321. The molecule has 1 heterocycles. The van der Waals surface area contributed by atoms with E-state index in [-0.39, 0.29) is 12.8 Å². The number of hydrogen-bond donors (Lipinski definition) is 3. The lowest BCUT2D eigenvalue weighted by molar-refractivity contribution is 0.317. The molecular formula is C7H12N2O. The van der Waals surface area contributed by atoms with Gasteiger partial charge in [-0.15, -0.1) is 0 Å². The van der Waals surface area contributed by atoms with Gasteiger partial charge in [-0.1, -0.05) is 0 Å². The molecule has 0 radical (unpaired) electrons. The van der Waals surface area contributed by atoms with E-state index < -0.39 is 0 Å². The second kappa shape index (κ2) is 2.86. The lowest BCUT2D eigenvalue weighted by Gasteiger charge is -2.20. The van der Waals surface area contributed by atoms with Crippen LogP contribution in [-0.4, -0.2) is 17.9 Å². The highest BCUT2D eigenvalue weighted by Crippen LogP contribution is 2.10. The normalized spacial score (nSPS) is 24.9. The Kier molecular flexibility index (Phi) is 2.09. The van der Waals surface area contributed by atoms with E-state index in [1.807, 2.05) is 13.0 Å². The van der Waals surface area contributed by atoms with Crippen LogP contribution in [0.15, 0.2) is 23.4 Å². The molecule has 0 saturated heterocycles. The van der Waals surface area contributed by atoms with Gasteiger partial charge in [0, 0.05) is 0 Å². The molecule has 0 aromatic carbocycles. The van der Waals surface area contributed by atoms with Crippen LogP contribution in [0, 0.1) is 0 Å². The van der Waals surface area contributed by atoms with Crippen LogP contribution in [-0.2, 0) is 0 Å². The molecule has 1 aliphatic heterocycles. The third-order valence-electron chi connectivity index (χ3n) is 1.66. The summed E-state index contributed by atoms with van der Waals surface area (Å²) in [5.41, 5.74) is 7.51. The first-order chi connectivity index (χ1) is 4.75. The van der Waals surface area contributed by atoms with Gasteiger partial charge in [0.25, 0.3) is 0 Å². The van der Waals surface area contributed by atoms with Crippen LogP contribution in [0.3, 0.4) is 0 Å². The van der Waals surface area contributed by atoms with E-state index in [4.69, 9.17) is 10.8 Å². The number of allylic oxidation sites excluding steroid dienone is 2. The molecule has 4 N–H and O–H groups in total. The fourth-order valence-electron chi connectivity index (χ4n) is 0.953. The van der Waals surface area contributed by atoms with Gasteiger partial charge in [-0.25, -0.2) is 0 Å². The van der Waals surface area contributed by atoms with Crippen molar-refractivity contribution in [1.29, 1.82) is 0 Å². The largest absolute Gasteiger partial charge is 0.392 e. The molecule has 0 spiro atoms. The first-order valence-corrected chi connectivity index (χ1v) is 3.24. The van der Waals surface area contributed by atoms with Crippen molar-refractivity contribution in [3.05, 3.63) is 23.4 Å². The zero-order valence-corrected chi connectivity index (χ0v) is 5.96. The van der Waals surface area contributed by atoms with Crippen molar-refractivity contribution in [2.45, 2.75) is 13.1 Å². The van der Waals surface area contributed by atoms with Crippen molar-refractivity contribution in [2.75, 3.05) is 6.61 Å². The number of nitrogens with two attached hydrogens (primary N) is 1. The first kappa shape index (κ1) is 7.31. The Morgan fingerprint density at radius 2 is 2.50 bits per heavy atom. The molecule has 0 aliphatic carbocycles. The van der Waals surface area contributed by atoms with E-state index in [0.717, 1.165) is 11.1 Å². The van der Waals surface area contributed by atoms with Crippen molar-refractivity contribution in [3.63, 3.8) is 0 Å². The number of aliphatic hydroxyl groups is 1. The minimum atomic E-state index is -0.213. The molecule has 1 aliphatic rings. The third-order valence-corrected chi connectivity index (χ3v) is 1.66. The fourth-order valence-corrected chi connectivity index (χ4v) is 0.953. The van der Waals surface area contributed by atoms with Crippen molar-refractivity contribution in [3.8, 4) is 0 Å². The standard InChI is InChI=1S/C7H12N2O/c1-5-2-3-9-7(8)6(5)4-10/h2-3,7,9-10H,4,8H2,1H3. The molecular weight excluding hydrogens is 128 g/mol. The van der Waals surface area contributed by atoms with Gasteiger partial charge in [0.1, 0.15) is 0 Å². The highest BCUT2D eigenvalue weighted by molar-refractivity contribution is 5.30. The summed E-state index contributed by atoms with van der Waals surface area (Å²) in [5.74, 6) is 0. The summed E-state index contributed by atoms with van der Waals surface area (Å²) < 4.78 is 0. The van der Waals surface area contributed by atoms with Crippen LogP contribution < -0.4 is 11.1 Å². The molecule has 0 fully saturated rings. The van der Waals surface area contributed by atoms with Crippen LogP contribution >= 0.6 is 0 Å². The van der Waals surface area contributed by atoms with E-state index in [1.165, 1.54) is 0 Å². The number of dihydropyridines is 1. The Morgan fingerprint density at radius 3 is 2.90 bits per heavy atom. The predicted octanol–water partition coefficient (Wildman–Crippen LogP) is -0.303. The molecule has 0 bridgehead atoms. The van der Waals surface area contributed by atoms with Gasteiger partial charge in [0.2, 0.25) is 0 Å². The van der Waals surface area contributed by atoms with Crippen LogP contribution in [0.4, 0.5) is 0 Å². The van der Waals surface area contributed by atoms with Crippen molar-refractivity contribution >= 4 is 0 Å². The van der Waals surface area contributed by atoms with Crippen LogP contribution in [0.5, 0.6) is 0 Å². The Hall–Kier alpha value is -0.800. The summed E-state index contributed by atoms with van der Waals surface area (Å²) in [7, 11) is 0. The summed E-state index contributed by atoms with van der Waals surface area (Å²) in [5, 5.41) is 11.7. The molecule has 0 aromatic rings. The number of nitrogens with one attached hydrogen (secondary N) is 1. The minimum Gasteiger partial charge on any atom is -0.392 e. The highest BCUT2D eigenvalue weighted by atomic mass is 16.3. The number of aliphatic hydroxyl groups excluding tert-OH is 1. The Bertz CT molecular complexity index is 184. The average Bonchev–Trinajstić information content (AvgIpc) is 1.88. The highest BCUT2D eigenvalue weighted by Gasteiger charge is 2.10. The lowest BCUT2D eigenvalue weighted by atomic mass is 10.1. The third kappa shape index (κ3) is 1.20. The van der Waals surface area contributed by atoms with Gasteiger partial charge >= 0.3 is 0 Å². The molecule has 1 unspecified atom stereocenters. The second-order valence-electron chi connectivity index (χ2n) is 2.34. The number of hydrogen-bond acceptors (Lipinski definition) is 3. The predicted molar refractivity (Wildman–Crippen MR) is 40.0 cm³/mol. The summed E-state index contributed by atoms with van der Waals surface area (Å²) in [6.45, 7) is 1.97. The van der Waals surface area contributed by atoms with E-state index >= 15 is 0 Å². The summed E-state index contributed by atoms with van der Waals surface area (Å²) in [4.78, 5) is 0. The van der Waals surface area contributed by atoms with E-state index in [1.54, 1.807) is 6.20 Å². The lowest BCUT2D eigenvalue weighted by Crippen LogP contribution is -2.39. The maximum absolute atomic E-state index is 8.82. The monoisotopic (exact) mass is 140 g/mol. The van der Waals surface area contributed by atoms with Gasteiger partial charge < -0.3 is 16.2 Å². The van der Waals surface area contributed by atoms with Gasteiger partial charge in [0.05, 0.1) is 12.8 Å². The zero-order valence-electron chi connectivity index (χ0n) is 5.96. The Labute approximate surface area is 60.2 Å². The molecule has 3 nitrogen and oxygen atoms in total. The molecule has 0 amide bonds. The summed E-state index contributed by atoms with van der Waals surface area (Å²) >= 11 is 0. The first-order valence-electron chi connectivity index (χ1n) is 3.24. The van der Waals surface area contributed by atoms with Gasteiger partial charge in [0.15, 0.2) is 0 Å². The molecule has 10 heavy (non-hydrogen) atoms. The van der Waals surface area contributed by atoms with Gasteiger partial charge in [-0.05, 0) is 30.3 Å². The smallest absolute Gasteiger partial charge is 0.0989 e. The van der Waals surface area contributed by atoms with E-state index in [2.05, 4.69) is 5.32 Å². The van der Waals surface area contributed by atoms with Crippen LogP contribution in [0.1, 0.15) is 6.92 Å². The average molecular weight is 140 g/mol. The zero-order chi connectivity index (χ0) is 7.56. The van der Waals surface area contributed by atoms with E-state index in [0.29, 0.717) is 0 Å². The van der Waals surface area contributed by atoms with Gasteiger partial charge in [-0.3, -0.25) is 0 Å². The quantitative estimate of drug-likeness (QED) is 0.468. The summed E-state index contributed by atoms with van der Waals surface area (Å²) in [6.07, 6.45) is 3.48. The van der Waals surface area contributed by atoms with E-state index in [9.17, 15) is 0 Å². The van der Waals surface area contributed by atoms with Crippen molar-refractivity contribution < 1.29 is 5.11 Å². The van der Waals surface area contributed by atoms with Gasteiger partial charge in [-0.2, -0.15) is 0 Å². The van der Waals surface area contributed by atoms with Crippen molar-refractivity contribution in [1.82, 2.24) is 5.32 Å². The molecule has 1 atom stereocenters. The summed E-state index contributed by atoms with van der Waals surface area (Å²) in [6, 6.07) is 0. The fraction of sp³-hybridized carbons (Fsp3) is 0.429. The maximum atomic E-state index is 8.82.